The number of aliphatic hydroxyl groups excluding tert-OH is 1. The minimum Gasteiger partial charge on any atom is -0.482 e. The number of amides is 1. The molecule has 0 atom stereocenters. The van der Waals surface area contributed by atoms with E-state index in [1.54, 1.807) is 18.2 Å². The standard InChI is InChI=1S/C14H17BrClNO4/c15-10-1-2-12(11(16)7-10)21-8-13(19)17-14(9-18)3-5-20-6-4-14/h1-2,7,18H,3-6,8-9H2,(H,17,19). The van der Waals surface area contributed by atoms with Gasteiger partial charge in [0.15, 0.2) is 6.61 Å². The van der Waals surface area contributed by atoms with E-state index in [1.807, 2.05) is 0 Å². The van der Waals surface area contributed by atoms with Gasteiger partial charge in [-0.1, -0.05) is 27.5 Å². The highest BCUT2D eigenvalue weighted by atomic mass is 79.9. The van der Waals surface area contributed by atoms with E-state index in [0.29, 0.717) is 36.8 Å². The maximum Gasteiger partial charge on any atom is 0.258 e. The van der Waals surface area contributed by atoms with Crippen molar-refractivity contribution in [2.24, 2.45) is 0 Å². The first-order valence-electron chi connectivity index (χ1n) is 6.62. The van der Waals surface area contributed by atoms with Crippen molar-refractivity contribution in [2.45, 2.75) is 18.4 Å². The smallest absolute Gasteiger partial charge is 0.258 e. The van der Waals surface area contributed by atoms with Crippen LogP contribution in [-0.2, 0) is 9.53 Å². The quantitative estimate of drug-likeness (QED) is 0.824. The SMILES string of the molecule is O=C(COc1ccc(Br)cc1Cl)NC1(CO)CCOCC1. The minimum atomic E-state index is -0.609. The Labute approximate surface area is 136 Å². The summed E-state index contributed by atoms with van der Waals surface area (Å²) < 4.78 is 11.5. The summed E-state index contributed by atoms with van der Waals surface area (Å²) in [7, 11) is 0. The van der Waals surface area contributed by atoms with E-state index in [4.69, 9.17) is 21.1 Å². The fraction of sp³-hybridized carbons (Fsp3) is 0.500. The Morgan fingerprint density at radius 3 is 2.81 bits per heavy atom. The van der Waals surface area contributed by atoms with Crippen LogP contribution in [0, 0.1) is 0 Å². The maximum absolute atomic E-state index is 12.0. The van der Waals surface area contributed by atoms with E-state index >= 15 is 0 Å². The molecule has 0 bridgehead atoms. The molecule has 0 aromatic heterocycles. The van der Waals surface area contributed by atoms with E-state index in [9.17, 15) is 9.90 Å². The topological polar surface area (TPSA) is 67.8 Å². The molecular formula is C14H17BrClNO4. The third-order valence-corrected chi connectivity index (χ3v) is 4.20. The molecule has 1 fully saturated rings. The van der Waals surface area contributed by atoms with Gasteiger partial charge in [0.2, 0.25) is 0 Å². The first-order chi connectivity index (χ1) is 10.0. The van der Waals surface area contributed by atoms with Crippen LogP contribution in [0.5, 0.6) is 5.75 Å². The van der Waals surface area contributed by atoms with Crippen molar-refractivity contribution in [3.63, 3.8) is 0 Å². The van der Waals surface area contributed by atoms with Gasteiger partial charge in [0.05, 0.1) is 17.2 Å². The molecule has 1 aromatic rings. The molecular weight excluding hydrogens is 362 g/mol. The third-order valence-electron chi connectivity index (χ3n) is 3.41. The van der Waals surface area contributed by atoms with Gasteiger partial charge in [-0.05, 0) is 31.0 Å². The molecule has 2 rings (SSSR count). The molecule has 1 amide bonds. The Bertz CT molecular complexity index is 506. The van der Waals surface area contributed by atoms with E-state index < -0.39 is 5.54 Å². The van der Waals surface area contributed by atoms with Gasteiger partial charge >= 0.3 is 0 Å². The zero-order valence-electron chi connectivity index (χ0n) is 11.4. The Balaban J connectivity index is 1.89. The Hall–Kier alpha value is -0.820. The summed E-state index contributed by atoms with van der Waals surface area (Å²) >= 11 is 9.32. The highest BCUT2D eigenvalue weighted by molar-refractivity contribution is 9.10. The second-order valence-electron chi connectivity index (χ2n) is 4.96. The number of halogens is 2. The van der Waals surface area contributed by atoms with E-state index in [-0.39, 0.29) is 19.1 Å². The summed E-state index contributed by atoms with van der Waals surface area (Å²) in [4.78, 5) is 12.0. The van der Waals surface area contributed by atoms with Crippen LogP contribution in [0.15, 0.2) is 22.7 Å². The molecule has 5 nitrogen and oxygen atoms in total. The number of carbonyl (C=O) groups is 1. The molecule has 1 heterocycles. The second-order valence-corrected chi connectivity index (χ2v) is 6.29. The van der Waals surface area contributed by atoms with Crippen molar-refractivity contribution in [3.8, 4) is 5.75 Å². The fourth-order valence-electron chi connectivity index (χ4n) is 2.15. The van der Waals surface area contributed by atoms with E-state index in [2.05, 4.69) is 21.2 Å². The molecule has 1 saturated heterocycles. The van der Waals surface area contributed by atoms with Gasteiger partial charge < -0.3 is 19.9 Å². The van der Waals surface area contributed by atoms with Gasteiger partial charge in [0, 0.05) is 17.7 Å². The zero-order chi connectivity index (χ0) is 15.3. The number of hydrogen-bond acceptors (Lipinski definition) is 4. The lowest BCUT2D eigenvalue weighted by Crippen LogP contribution is -2.55. The second kappa shape index (κ2) is 7.45. The summed E-state index contributed by atoms with van der Waals surface area (Å²) in [6, 6.07) is 5.17. The predicted octanol–water partition coefficient (Wildman–Crippen LogP) is 2.14. The summed E-state index contributed by atoms with van der Waals surface area (Å²) in [5.41, 5.74) is -0.609. The number of benzene rings is 1. The van der Waals surface area contributed by atoms with Gasteiger partial charge in [0.25, 0.3) is 5.91 Å². The highest BCUT2D eigenvalue weighted by Crippen LogP contribution is 2.27. The molecule has 1 aromatic carbocycles. The molecule has 7 heteroatoms. The van der Waals surface area contributed by atoms with Gasteiger partial charge in [0.1, 0.15) is 5.75 Å². The zero-order valence-corrected chi connectivity index (χ0v) is 13.7. The first kappa shape index (κ1) is 16.5. The largest absolute Gasteiger partial charge is 0.482 e. The molecule has 21 heavy (non-hydrogen) atoms. The summed E-state index contributed by atoms with van der Waals surface area (Å²) in [6.07, 6.45) is 1.18. The van der Waals surface area contributed by atoms with Crippen LogP contribution in [0.3, 0.4) is 0 Å². The van der Waals surface area contributed by atoms with Crippen molar-refractivity contribution in [1.82, 2.24) is 5.32 Å². The van der Waals surface area contributed by atoms with Crippen LogP contribution in [0.1, 0.15) is 12.8 Å². The van der Waals surface area contributed by atoms with Crippen LogP contribution in [0.25, 0.3) is 0 Å². The molecule has 116 valence electrons. The Morgan fingerprint density at radius 2 is 2.19 bits per heavy atom. The molecule has 2 N–H and O–H groups in total. The Kier molecular flexibility index (Phi) is 5.87. The van der Waals surface area contributed by atoms with E-state index in [1.165, 1.54) is 0 Å². The molecule has 0 unspecified atom stereocenters. The summed E-state index contributed by atoms with van der Waals surface area (Å²) in [6.45, 7) is 0.797. The average Bonchev–Trinajstić information content (AvgIpc) is 2.47. The molecule has 0 saturated carbocycles. The number of ether oxygens (including phenoxy) is 2. The number of aliphatic hydroxyl groups is 1. The number of hydrogen-bond donors (Lipinski definition) is 2. The van der Waals surface area contributed by atoms with Crippen LogP contribution >= 0.6 is 27.5 Å². The summed E-state index contributed by atoms with van der Waals surface area (Å²) in [5, 5.41) is 12.8. The monoisotopic (exact) mass is 377 g/mol. The summed E-state index contributed by atoms with van der Waals surface area (Å²) in [5.74, 6) is 0.157. The molecule has 0 radical (unpaired) electrons. The third kappa shape index (κ3) is 4.57. The Morgan fingerprint density at radius 1 is 1.48 bits per heavy atom. The van der Waals surface area contributed by atoms with Gasteiger partial charge in [-0.25, -0.2) is 0 Å². The van der Waals surface area contributed by atoms with Gasteiger partial charge in [-0.15, -0.1) is 0 Å². The molecule has 1 aliphatic rings. The number of nitrogens with one attached hydrogen (secondary N) is 1. The van der Waals surface area contributed by atoms with Crippen molar-refractivity contribution in [1.29, 1.82) is 0 Å². The van der Waals surface area contributed by atoms with Gasteiger partial charge in [-0.2, -0.15) is 0 Å². The van der Waals surface area contributed by atoms with Crippen LogP contribution in [0.4, 0.5) is 0 Å². The predicted molar refractivity (Wildman–Crippen MR) is 82.7 cm³/mol. The fourth-order valence-corrected chi connectivity index (χ4v) is 2.88. The lowest BCUT2D eigenvalue weighted by atomic mass is 9.91. The molecule has 1 aliphatic heterocycles. The van der Waals surface area contributed by atoms with Crippen molar-refractivity contribution < 1.29 is 19.4 Å². The van der Waals surface area contributed by atoms with Crippen LogP contribution in [-0.4, -0.2) is 43.0 Å². The van der Waals surface area contributed by atoms with Crippen LogP contribution in [0.2, 0.25) is 5.02 Å². The number of rotatable bonds is 5. The van der Waals surface area contributed by atoms with Crippen molar-refractivity contribution >= 4 is 33.4 Å². The molecule has 0 spiro atoms. The normalized spacial score (nSPS) is 17.3. The van der Waals surface area contributed by atoms with Crippen molar-refractivity contribution in [2.75, 3.05) is 26.4 Å². The van der Waals surface area contributed by atoms with E-state index in [0.717, 1.165) is 4.47 Å². The average molecular weight is 379 g/mol. The minimum absolute atomic E-state index is 0.110. The van der Waals surface area contributed by atoms with Crippen molar-refractivity contribution in [3.05, 3.63) is 27.7 Å². The number of carbonyl (C=O) groups excluding carboxylic acids is 1. The first-order valence-corrected chi connectivity index (χ1v) is 7.79. The highest BCUT2D eigenvalue weighted by Gasteiger charge is 2.33. The lowest BCUT2D eigenvalue weighted by Gasteiger charge is -2.36. The van der Waals surface area contributed by atoms with Gasteiger partial charge in [-0.3, -0.25) is 4.79 Å². The lowest BCUT2D eigenvalue weighted by molar-refractivity contribution is -0.127. The maximum atomic E-state index is 12.0. The van der Waals surface area contributed by atoms with Crippen LogP contribution < -0.4 is 10.1 Å². The molecule has 0 aliphatic carbocycles.